The molecule has 0 unspecified atom stereocenters. The number of likely N-dealkylation sites (N-methyl/N-ethyl adjacent to an activating group) is 1. The maximum atomic E-state index is 13.6. The van der Waals surface area contributed by atoms with Gasteiger partial charge in [0, 0.05) is 31.2 Å². The summed E-state index contributed by atoms with van der Waals surface area (Å²) in [6.45, 7) is 0.274. The lowest BCUT2D eigenvalue weighted by Crippen LogP contribution is -2.45. The number of carbonyl (C=O) groups excluding carboxylic acids is 2. The van der Waals surface area contributed by atoms with Crippen molar-refractivity contribution in [2.75, 3.05) is 21.3 Å². The number of fused-ring (bicyclic) bond motifs is 1. The number of aromatic nitrogens is 2. The summed E-state index contributed by atoms with van der Waals surface area (Å²) in [6, 6.07) is 12.0. The van der Waals surface area contributed by atoms with Gasteiger partial charge in [0.1, 0.15) is 0 Å². The Morgan fingerprint density at radius 2 is 1.88 bits per heavy atom. The van der Waals surface area contributed by atoms with Crippen molar-refractivity contribution in [1.29, 1.82) is 0 Å². The van der Waals surface area contributed by atoms with Crippen LogP contribution in [-0.2, 0) is 11.3 Å². The quantitative estimate of drug-likeness (QED) is 0.644. The molecule has 4 rings (SSSR count). The van der Waals surface area contributed by atoms with Crippen LogP contribution in [0.5, 0.6) is 11.5 Å². The number of pyridine rings is 2. The number of rotatable bonds is 6. The lowest BCUT2D eigenvalue weighted by atomic mass is 9.79. The zero-order chi connectivity index (χ0) is 22.7. The maximum Gasteiger partial charge on any atom is 0.254 e. The van der Waals surface area contributed by atoms with Gasteiger partial charge in [0.05, 0.1) is 38.4 Å². The Morgan fingerprint density at radius 3 is 2.53 bits per heavy atom. The molecule has 0 fully saturated rings. The molecule has 1 N–H and O–H groups in total. The van der Waals surface area contributed by atoms with Crippen molar-refractivity contribution in [1.82, 2.24) is 20.2 Å². The van der Waals surface area contributed by atoms with Crippen molar-refractivity contribution in [3.05, 3.63) is 83.4 Å². The van der Waals surface area contributed by atoms with Gasteiger partial charge in [-0.2, -0.15) is 0 Å². The molecule has 1 aliphatic rings. The van der Waals surface area contributed by atoms with Gasteiger partial charge >= 0.3 is 0 Å². The zero-order valence-corrected chi connectivity index (χ0v) is 18.1. The summed E-state index contributed by atoms with van der Waals surface area (Å²) >= 11 is 0. The molecule has 0 radical (unpaired) electrons. The van der Waals surface area contributed by atoms with Crippen LogP contribution in [0.4, 0.5) is 0 Å². The second-order valence-corrected chi connectivity index (χ2v) is 7.46. The first-order valence-electron chi connectivity index (χ1n) is 10.2. The minimum Gasteiger partial charge on any atom is -0.493 e. The Hall–Kier alpha value is -3.94. The van der Waals surface area contributed by atoms with E-state index < -0.39 is 12.0 Å². The fourth-order valence-electron chi connectivity index (χ4n) is 4.09. The summed E-state index contributed by atoms with van der Waals surface area (Å²) < 4.78 is 10.8. The normalized spacial score (nSPS) is 17.5. The van der Waals surface area contributed by atoms with E-state index in [1.165, 1.54) is 14.2 Å². The van der Waals surface area contributed by atoms with Crippen LogP contribution in [0.1, 0.15) is 39.1 Å². The lowest BCUT2D eigenvalue weighted by molar-refractivity contribution is -0.124. The van der Waals surface area contributed by atoms with E-state index >= 15 is 0 Å². The number of ether oxygens (including phenoxy) is 2. The highest BCUT2D eigenvalue weighted by Gasteiger charge is 2.43. The summed E-state index contributed by atoms with van der Waals surface area (Å²) in [7, 11) is 4.73. The molecule has 0 saturated carbocycles. The number of hydrogen-bond donors (Lipinski definition) is 1. The summed E-state index contributed by atoms with van der Waals surface area (Å²) in [5, 5.41) is 2.98. The fraction of sp³-hybridized carbons (Fsp3) is 0.250. The van der Waals surface area contributed by atoms with E-state index in [-0.39, 0.29) is 18.4 Å². The molecular weight excluding hydrogens is 408 g/mol. The van der Waals surface area contributed by atoms with Crippen LogP contribution in [0.2, 0.25) is 0 Å². The predicted molar refractivity (Wildman–Crippen MR) is 117 cm³/mol. The Labute approximate surface area is 186 Å². The van der Waals surface area contributed by atoms with Crippen molar-refractivity contribution in [3.8, 4) is 11.5 Å². The van der Waals surface area contributed by atoms with Gasteiger partial charge in [0.25, 0.3) is 5.91 Å². The second kappa shape index (κ2) is 9.05. The SMILES string of the molecule is COc1cc2c(cc1OC)[C@H](C(=O)NCc1ccccn1)[C@H](c1cccnc1)N(C)C2=O. The molecule has 8 heteroatoms. The number of amides is 2. The van der Waals surface area contributed by atoms with Crippen LogP contribution in [0.25, 0.3) is 0 Å². The van der Waals surface area contributed by atoms with Gasteiger partial charge < -0.3 is 19.7 Å². The van der Waals surface area contributed by atoms with E-state index in [4.69, 9.17) is 9.47 Å². The molecule has 0 aliphatic carbocycles. The van der Waals surface area contributed by atoms with Gasteiger partial charge in [-0.15, -0.1) is 0 Å². The average molecular weight is 432 g/mol. The number of hydrogen-bond acceptors (Lipinski definition) is 6. The third kappa shape index (κ3) is 3.87. The number of nitrogens with zero attached hydrogens (tertiary/aromatic N) is 3. The molecule has 3 heterocycles. The Bertz CT molecular complexity index is 1120. The number of carbonyl (C=O) groups is 2. The zero-order valence-electron chi connectivity index (χ0n) is 18.1. The standard InChI is InChI=1S/C24H24N4O4/c1-28-22(15-7-6-9-25-13-15)21(23(29)27-14-16-8-4-5-10-26-16)17-11-19(31-2)20(32-3)12-18(17)24(28)30/h4-13,21-22H,14H2,1-3H3,(H,27,29)/t21-,22-/m0/s1. The molecule has 0 saturated heterocycles. The Kier molecular flexibility index (Phi) is 6.02. The van der Waals surface area contributed by atoms with Crippen LogP contribution >= 0.6 is 0 Å². The van der Waals surface area contributed by atoms with E-state index in [1.807, 2.05) is 24.3 Å². The molecule has 0 bridgehead atoms. The molecule has 2 atom stereocenters. The van der Waals surface area contributed by atoms with Gasteiger partial charge in [-0.05, 0) is 41.5 Å². The van der Waals surface area contributed by atoms with Crippen molar-refractivity contribution < 1.29 is 19.1 Å². The van der Waals surface area contributed by atoms with E-state index in [0.29, 0.717) is 22.6 Å². The van der Waals surface area contributed by atoms with Crippen LogP contribution in [0.3, 0.4) is 0 Å². The van der Waals surface area contributed by atoms with Crippen molar-refractivity contribution >= 4 is 11.8 Å². The molecule has 2 aromatic heterocycles. The first-order valence-corrected chi connectivity index (χ1v) is 10.2. The van der Waals surface area contributed by atoms with Gasteiger partial charge in [0.15, 0.2) is 11.5 Å². The summed E-state index contributed by atoms with van der Waals surface area (Å²) in [6.07, 6.45) is 5.02. The minimum absolute atomic E-state index is 0.205. The maximum absolute atomic E-state index is 13.6. The highest BCUT2D eigenvalue weighted by molar-refractivity contribution is 6.02. The molecular formula is C24H24N4O4. The Morgan fingerprint density at radius 1 is 1.09 bits per heavy atom. The van der Waals surface area contributed by atoms with E-state index in [2.05, 4.69) is 15.3 Å². The van der Waals surface area contributed by atoms with Gasteiger partial charge in [0.2, 0.25) is 5.91 Å². The molecule has 2 amide bonds. The molecule has 32 heavy (non-hydrogen) atoms. The Balaban J connectivity index is 1.80. The largest absolute Gasteiger partial charge is 0.493 e. The van der Waals surface area contributed by atoms with Crippen molar-refractivity contribution in [2.45, 2.75) is 18.5 Å². The first kappa shape index (κ1) is 21.3. The van der Waals surface area contributed by atoms with Crippen LogP contribution in [0.15, 0.2) is 61.1 Å². The van der Waals surface area contributed by atoms with Gasteiger partial charge in [-0.3, -0.25) is 19.6 Å². The predicted octanol–water partition coefficient (Wildman–Crippen LogP) is 2.72. The lowest BCUT2D eigenvalue weighted by Gasteiger charge is -2.39. The average Bonchev–Trinajstić information content (AvgIpc) is 2.84. The van der Waals surface area contributed by atoms with Gasteiger partial charge in [-0.25, -0.2) is 0 Å². The van der Waals surface area contributed by atoms with Crippen molar-refractivity contribution in [2.24, 2.45) is 0 Å². The highest BCUT2D eigenvalue weighted by Crippen LogP contribution is 2.45. The van der Waals surface area contributed by atoms with E-state index in [1.54, 1.807) is 48.7 Å². The summed E-state index contributed by atoms with van der Waals surface area (Å²) in [4.78, 5) is 36.9. The monoisotopic (exact) mass is 432 g/mol. The minimum atomic E-state index is -0.680. The smallest absolute Gasteiger partial charge is 0.254 e. The van der Waals surface area contributed by atoms with Gasteiger partial charge in [-0.1, -0.05) is 12.1 Å². The molecule has 0 spiro atoms. The molecule has 1 aliphatic heterocycles. The summed E-state index contributed by atoms with van der Waals surface area (Å²) in [5.74, 6) is -0.224. The van der Waals surface area contributed by atoms with Crippen LogP contribution < -0.4 is 14.8 Å². The molecule has 3 aromatic rings. The van der Waals surface area contributed by atoms with Crippen molar-refractivity contribution in [3.63, 3.8) is 0 Å². The number of nitrogens with one attached hydrogen (secondary N) is 1. The topological polar surface area (TPSA) is 93.7 Å². The van der Waals surface area contributed by atoms with Crippen LogP contribution in [0, 0.1) is 0 Å². The third-order valence-corrected chi connectivity index (χ3v) is 5.65. The third-order valence-electron chi connectivity index (χ3n) is 5.65. The summed E-state index contributed by atoms with van der Waals surface area (Å²) in [5.41, 5.74) is 2.50. The fourth-order valence-corrected chi connectivity index (χ4v) is 4.09. The highest BCUT2D eigenvalue weighted by atomic mass is 16.5. The molecule has 8 nitrogen and oxygen atoms in total. The second-order valence-electron chi connectivity index (χ2n) is 7.46. The van der Waals surface area contributed by atoms with Crippen LogP contribution in [-0.4, -0.2) is 47.9 Å². The number of benzene rings is 1. The number of methoxy groups -OCH3 is 2. The molecule has 1 aromatic carbocycles. The first-order chi connectivity index (χ1) is 15.5. The molecule has 164 valence electrons. The van der Waals surface area contributed by atoms with E-state index in [0.717, 1.165) is 11.3 Å². The van der Waals surface area contributed by atoms with E-state index in [9.17, 15) is 9.59 Å².